The van der Waals surface area contributed by atoms with Crippen molar-refractivity contribution in [3.63, 3.8) is 0 Å². The minimum Gasteiger partial charge on any atom is -0.465 e. The average Bonchev–Trinajstić information content (AvgIpc) is 3.52. The second kappa shape index (κ2) is 12.8. The number of carbonyl (C=O) groups excluding carboxylic acids is 1. The normalized spacial score (nSPS) is 11.7. The molecule has 1 atom stereocenters. The van der Waals surface area contributed by atoms with Crippen molar-refractivity contribution >= 4 is 41.1 Å². The average molecular weight is 598 g/mol. The van der Waals surface area contributed by atoms with Crippen LogP contribution in [0.3, 0.4) is 0 Å². The molecule has 216 valence electrons. The van der Waals surface area contributed by atoms with Gasteiger partial charge in [-0.1, -0.05) is 35.9 Å². The number of amides is 2. The molecular formula is C29H24ClN9O4. The lowest BCUT2D eigenvalue weighted by Crippen LogP contribution is -2.30. The summed E-state index contributed by atoms with van der Waals surface area (Å²) < 4.78 is 1.45. The number of hydrogen-bond donors (Lipinski definition) is 5. The Morgan fingerprint density at radius 1 is 1.07 bits per heavy atom. The molecule has 0 fully saturated rings. The second-order valence-corrected chi connectivity index (χ2v) is 9.78. The second-order valence-electron chi connectivity index (χ2n) is 9.34. The number of nitrogens with two attached hydrogens (primary N) is 1. The molecular weight excluding hydrogens is 574 g/mol. The van der Waals surface area contributed by atoms with Crippen LogP contribution in [0.1, 0.15) is 22.9 Å². The van der Waals surface area contributed by atoms with Gasteiger partial charge in [0.15, 0.2) is 0 Å². The molecule has 0 aliphatic heterocycles. The molecule has 13 nitrogen and oxygen atoms in total. The van der Waals surface area contributed by atoms with Gasteiger partial charge in [-0.15, -0.1) is 5.10 Å². The molecule has 43 heavy (non-hydrogen) atoms. The molecule has 2 aromatic heterocycles. The van der Waals surface area contributed by atoms with Gasteiger partial charge in [0, 0.05) is 28.0 Å². The third-order valence-corrected chi connectivity index (χ3v) is 6.60. The highest BCUT2D eigenvalue weighted by atomic mass is 35.5. The van der Waals surface area contributed by atoms with E-state index in [9.17, 15) is 14.4 Å². The summed E-state index contributed by atoms with van der Waals surface area (Å²) in [7, 11) is 0. The molecule has 2 heterocycles. The summed E-state index contributed by atoms with van der Waals surface area (Å²) in [6.07, 6.45) is 3.52. The number of aromatic nitrogens is 6. The van der Waals surface area contributed by atoms with Gasteiger partial charge in [0.2, 0.25) is 5.91 Å². The number of carboxylic acid groups (broad SMARTS) is 1. The van der Waals surface area contributed by atoms with E-state index >= 15 is 0 Å². The minimum absolute atomic E-state index is 0.295. The van der Waals surface area contributed by atoms with Crippen LogP contribution >= 0.6 is 11.6 Å². The van der Waals surface area contributed by atoms with Crippen LogP contribution in [0, 0.1) is 0 Å². The van der Waals surface area contributed by atoms with Gasteiger partial charge in [-0.05, 0) is 82.6 Å². The van der Waals surface area contributed by atoms with Crippen LogP contribution in [0.15, 0.2) is 90.0 Å². The predicted molar refractivity (Wildman–Crippen MR) is 161 cm³/mol. The van der Waals surface area contributed by atoms with Crippen molar-refractivity contribution in [3.8, 4) is 16.8 Å². The summed E-state index contributed by atoms with van der Waals surface area (Å²) in [6.45, 7) is 0. The first-order valence-corrected chi connectivity index (χ1v) is 13.2. The lowest BCUT2D eigenvalue weighted by atomic mass is 10.00. The van der Waals surface area contributed by atoms with Gasteiger partial charge >= 0.3 is 6.09 Å². The van der Waals surface area contributed by atoms with Crippen LogP contribution in [0.4, 0.5) is 16.2 Å². The summed E-state index contributed by atoms with van der Waals surface area (Å²) in [5, 5.41) is 32.6. The number of rotatable bonds is 9. The highest BCUT2D eigenvalue weighted by Crippen LogP contribution is 2.24. The first-order chi connectivity index (χ1) is 20.7. The molecule has 0 spiro atoms. The van der Waals surface area contributed by atoms with Crippen LogP contribution in [0.5, 0.6) is 0 Å². The zero-order valence-corrected chi connectivity index (χ0v) is 23.1. The van der Waals surface area contributed by atoms with E-state index in [4.69, 9.17) is 22.4 Å². The highest BCUT2D eigenvalue weighted by Gasteiger charge is 2.19. The maximum absolute atomic E-state index is 13.2. The minimum atomic E-state index is -1.20. The Balaban J connectivity index is 1.44. The van der Waals surface area contributed by atoms with E-state index in [1.807, 2.05) is 12.1 Å². The number of nitrogen functional groups attached to an aromatic ring is 1. The Labute approximate surface area is 249 Å². The number of H-pyrrole nitrogens is 1. The fourth-order valence-electron chi connectivity index (χ4n) is 4.31. The van der Waals surface area contributed by atoms with Gasteiger partial charge in [0.25, 0.3) is 5.56 Å². The van der Waals surface area contributed by atoms with Crippen molar-refractivity contribution in [2.75, 3.05) is 11.1 Å². The lowest BCUT2D eigenvalue weighted by Gasteiger charge is -2.18. The SMILES string of the molecule is Nc1ccc(CC(NC(=O)C=Cc2cc(Cl)ccc2-n2cnnn2)c2cc(-c3ccc(NC(=O)O)cc3)c(=O)[nH]n2)cc1. The van der Waals surface area contributed by atoms with Crippen molar-refractivity contribution in [1.82, 2.24) is 35.7 Å². The molecule has 1 unspecified atom stereocenters. The fraction of sp³-hybridized carbons (Fsp3) is 0.0690. The maximum Gasteiger partial charge on any atom is 0.409 e. The number of benzene rings is 3. The topological polar surface area (TPSA) is 194 Å². The van der Waals surface area contributed by atoms with Gasteiger partial charge < -0.3 is 16.2 Å². The van der Waals surface area contributed by atoms with Crippen LogP contribution < -0.4 is 21.9 Å². The van der Waals surface area contributed by atoms with E-state index in [-0.39, 0.29) is 0 Å². The fourth-order valence-corrected chi connectivity index (χ4v) is 4.49. The molecule has 6 N–H and O–H groups in total. The predicted octanol–water partition coefficient (Wildman–Crippen LogP) is 3.85. The number of nitrogens with zero attached hydrogens (tertiary/aromatic N) is 5. The van der Waals surface area contributed by atoms with Gasteiger partial charge in [0.1, 0.15) is 6.33 Å². The molecule has 0 bridgehead atoms. The van der Waals surface area contributed by atoms with Crippen molar-refractivity contribution in [3.05, 3.63) is 117 Å². The van der Waals surface area contributed by atoms with Gasteiger partial charge in [-0.3, -0.25) is 14.9 Å². The van der Waals surface area contributed by atoms with Gasteiger partial charge in [-0.25, -0.2) is 9.89 Å². The summed E-state index contributed by atoms with van der Waals surface area (Å²) in [5.41, 5.74) is 9.68. The molecule has 14 heteroatoms. The third kappa shape index (κ3) is 7.28. The number of aromatic amines is 1. The van der Waals surface area contributed by atoms with Crippen molar-refractivity contribution in [2.45, 2.75) is 12.5 Å². The Morgan fingerprint density at radius 3 is 2.53 bits per heavy atom. The van der Waals surface area contributed by atoms with E-state index in [2.05, 4.69) is 36.4 Å². The van der Waals surface area contributed by atoms with Gasteiger partial charge in [-0.2, -0.15) is 9.78 Å². The zero-order valence-electron chi connectivity index (χ0n) is 22.3. The lowest BCUT2D eigenvalue weighted by molar-refractivity contribution is -0.117. The number of hydrogen-bond acceptors (Lipinski definition) is 8. The van der Waals surface area contributed by atoms with E-state index in [0.717, 1.165) is 5.56 Å². The molecule has 0 saturated heterocycles. The summed E-state index contributed by atoms with van der Waals surface area (Å²) in [5.74, 6) is -0.429. The molecule has 0 aliphatic rings. The number of anilines is 2. The third-order valence-electron chi connectivity index (χ3n) is 6.36. The molecule has 3 aromatic carbocycles. The molecule has 0 aliphatic carbocycles. The first kappa shape index (κ1) is 28.7. The van der Waals surface area contributed by atoms with Crippen LogP contribution in [-0.4, -0.2) is 47.5 Å². The quantitative estimate of drug-likeness (QED) is 0.124. The van der Waals surface area contributed by atoms with Crippen molar-refractivity contribution < 1.29 is 14.7 Å². The number of nitrogens with one attached hydrogen (secondary N) is 3. The maximum atomic E-state index is 13.2. The first-order valence-electron chi connectivity index (χ1n) is 12.8. The number of tetrazole rings is 1. The summed E-state index contributed by atoms with van der Waals surface area (Å²) >= 11 is 6.20. The number of carbonyl (C=O) groups is 2. The summed E-state index contributed by atoms with van der Waals surface area (Å²) in [6, 6.07) is 19.6. The zero-order chi connectivity index (χ0) is 30.3. The number of halogens is 1. The molecule has 0 radical (unpaired) electrons. The smallest absolute Gasteiger partial charge is 0.409 e. The standard InChI is InChI=1S/C29H24ClN9O4/c30-20-6-11-26(39-16-32-37-38-39)19(14-20)5-12-27(40)34-24(13-17-1-7-21(31)8-2-17)25-15-23(28(41)36-35-25)18-3-9-22(10-4-18)33-29(42)43/h1-12,14-16,24,33H,13,31H2,(H,34,40)(H,36,41)(H,42,43). The monoisotopic (exact) mass is 597 g/mol. The Hall–Kier alpha value is -5.82. The van der Waals surface area contributed by atoms with E-state index < -0.39 is 23.6 Å². The van der Waals surface area contributed by atoms with E-state index in [1.165, 1.54) is 17.1 Å². The Morgan fingerprint density at radius 2 is 1.84 bits per heavy atom. The van der Waals surface area contributed by atoms with Crippen LogP contribution in [0.2, 0.25) is 5.02 Å². The Bertz CT molecular complexity index is 1840. The summed E-state index contributed by atoms with van der Waals surface area (Å²) in [4.78, 5) is 36.9. The Kier molecular flexibility index (Phi) is 8.53. The molecule has 5 aromatic rings. The molecule has 0 saturated carbocycles. The van der Waals surface area contributed by atoms with Crippen LogP contribution in [0.25, 0.3) is 22.9 Å². The van der Waals surface area contributed by atoms with E-state index in [1.54, 1.807) is 66.7 Å². The van der Waals surface area contributed by atoms with Crippen molar-refractivity contribution in [1.29, 1.82) is 0 Å². The van der Waals surface area contributed by atoms with Gasteiger partial charge in [0.05, 0.1) is 23.0 Å². The van der Waals surface area contributed by atoms with Crippen molar-refractivity contribution in [2.24, 2.45) is 0 Å². The molecule has 2 amide bonds. The van der Waals surface area contributed by atoms with E-state index in [0.29, 0.717) is 50.9 Å². The largest absolute Gasteiger partial charge is 0.465 e. The highest BCUT2D eigenvalue weighted by molar-refractivity contribution is 6.30. The molecule has 5 rings (SSSR count). The van der Waals surface area contributed by atoms with Crippen LogP contribution in [-0.2, 0) is 11.2 Å².